The SMILES string of the molecule is CN(C)CCOC(=O)/C=C/c1ccc(OC(F)F)cc1. The van der Waals surface area contributed by atoms with Crippen molar-refractivity contribution in [2.75, 3.05) is 27.2 Å². The molecule has 0 radical (unpaired) electrons. The Hall–Kier alpha value is -1.95. The first-order valence-corrected chi connectivity index (χ1v) is 6.02. The van der Waals surface area contributed by atoms with E-state index in [9.17, 15) is 13.6 Å². The summed E-state index contributed by atoms with van der Waals surface area (Å²) in [5.41, 5.74) is 0.691. The zero-order valence-corrected chi connectivity index (χ0v) is 11.4. The molecule has 0 aliphatic heterocycles. The predicted molar refractivity (Wildman–Crippen MR) is 71.6 cm³/mol. The molecule has 1 aromatic carbocycles. The lowest BCUT2D eigenvalue weighted by atomic mass is 10.2. The van der Waals surface area contributed by atoms with Gasteiger partial charge in [-0.2, -0.15) is 8.78 Å². The summed E-state index contributed by atoms with van der Waals surface area (Å²) in [6, 6.07) is 5.95. The summed E-state index contributed by atoms with van der Waals surface area (Å²) >= 11 is 0. The molecule has 0 aromatic heterocycles. The zero-order valence-electron chi connectivity index (χ0n) is 11.4. The van der Waals surface area contributed by atoms with Crippen LogP contribution in [0.4, 0.5) is 8.78 Å². The molecule has 0 saturated carbocycles. The lowest BCUT2D eigenvalue weighted by Crippen LogP contribution is -2.19. The Morgan fingerprint density at radius 2 is 1.95 bits per heavy atom. The van der Waals surface area contributed by atoms with Crippen molar-refractivity contribution in [2.24, 2.45) is 0 Å². The van der Waals surface area contributed by atoms with Crippen molar-refractivity contribution in [3.05, 3.63) is 35.9 Å². The number of hydrogen-bond donors (Lipinski definition) is 0. The Labute approximate surface area is 116 Å². The molecular formula is C14H17F2NO3. The van der Waals surface area contributed by atoms with E-state index in [1.54, 1.807) is 18.2 Å². The summed E-state index contributed by atoms with van der Waals surface area (Å²) in [6.07, 6.45) is 2.84. The Morgan fingerprint density at radius 3 is 2.50 bits per heavy atom. The first-order chi connectivity index (χ1) is 9.47. The Kier molecular flexibility index (Phi) is 6.66. The number of carbonyl (C=O) groups excluding carboxylic acids is 1. The normalized spacial score (nSPS) is 11.3. The molecule has 0 unspecified atom stereocenters. The minimum Gasteiger partial charge on any atom is -0.461 e. The van der Waals surface area contributed by atoms with Crippen molar-refractivity contribution in [2.45, 2.75) is 6.61 Å². The van der Waals surface area contributed by atoms with Crippen molar-refractivity contribution in [3.8, 4) is 5.75 Å². The maximum atomic E-state index is 11.9. The van der Waals surface area contributed by atoms with E-state index < -0.39 is 12.6 Å². The molecule has 20 heavy (non-hydrogen) atoms. The number of halogens is 2. The number of hydrogen-bond acceptors (Lipinski definition) is 4. The fraction of sp³-hybridized carbons (Fsp3) is 0.357. The second-order valence-electron chi connectivity index (χ2n) is 4.25. The third-order valence-electron chi connectivity index (χ3n) is 2.30. The highest BCUT2D eigenvalue weighted by Crippen LogP contribution is 2.15. The highest BCUT2D eigenvalue weighted by atomic mass is 19.3. The Balaban J connectivity index is 2.43. The van der Waals surface area contributed by atoms with Gasteiger partial charge in [0.05, 0.1) is 0 Å². The fourth-order valence-electron chi connectivity index (χ4n) is 1.30. The number of alkyl halides is 2. The summed E-state index contributed by atoms with van der Waals surface area (Å²) in [6.45, 7) is -1.88. The van der Waals surface area contributed by atoms with Gasteiger partial charge in [0.2, 0.25) is 0 Å². The van der Waals surface area contributed by atoms with Crippen molar-refractivity contribution in [1.29, 1.82) is 0 Å². The van der Waals surface area contributed by atoms with Gasteiger partial charge in [-0.25, -0.2) is 4.79 Å². The Bertz CT molecular complexity index is 444. The largest absolute Gasteiger partial charge is 0.461 e. The van der Waals surface area contributed by atoms with E-state index in [4.69, 9.17) is 4.74 Å². The summed E-state index contributed by atoms with van der Waals surface area (Å²) in [7, 11) is 3.76. The molecule has 110 valence electrons. The smallest absolute Gasteiger partial charge is 0.387 e. The van der Waals surface area contributed by atoms with Crippen LogP contribution in [0.2, 0.25) is 0 Å². The van der Waals surface area contributed by atoms with Crippen LogP contribution in [0.5, 0.6) is 5.75 Å². The molecule has 0 aliphatic carbocycles. The standard InChI is InChI=1S/C14H17F2NO3/c1-17(2)9-10-19-13(18)8-5-11-3-6-12(7-4-11)20-14(15)16/h3-8,14H,9-10H2,1-2H3/b8-5+. The van der Waals surface area contributed by atoms with Crippen molar-refractivity contribution >= 4 is 12.0 Å². The molecule has 0 fully saturated rings. The molecule has 1 aromatic rings. The number of carbonyl (C=O) groups is 1. The molecule has 6 heteroatoms. The number of nitrogens with zero attached hydrogens (tertiary/aromatic N) is 1. The van der Waals surface area contributed by atoms with Gasteiger partial charge in [0, 0.05) is 12.6 Å². The van der Waals surface area contributed by atoms with Gasteiger partial charge >= 0.3 is 12.6 Å². The summed E-state index contributed by atoms with van der Waals surface area (Å²) < 4.78 is 33.1. The second kappa shape index (κ2) is 8.27. The highest BCUT2D eigenvalue weighted by Gasteiger charge is 2.03. The van der Waals surface area contributed by atoms with Crippen molar-refractivity contribution < 1.29 is 23.0 Å². The average molecular weight is 285 g/mol. The van der Waals surface area contributed by atoms with Gasteiger partial charge in [0.25, 0.3) is 0 Å². The molecule has 0 amide bonds. The first-order valence-electron chi connectivity index (χ1n) is 6.02. The minimum absolute atomic E-state index is 0.0747. The monoisotopic (exact) mass is 285 g/mol. The maximum absolute atomic E-state index is 11.9. The molecule has 0 N–H and O–H groups in total. The van der Waals surface area contributed by atoms with E-state index in [1.807, 2.05) is 19.0 Å². The molecule has 0 heterocycles. The quantitative estimate of drug-likeness (QED) is 0.569. The maximum Gasteiger partial charge on any atom is 0.387 e. The molecule has 0 bridgehead atoms. The van der Waals surface area contributed by atoms with Gasteiger partial charge in [-0.1, -0.05) is 12.1 Å². The highest BCUT2D eigenvalue weighted by molar-refractivity contribution is 5.87. The van der Waals surface area contributed by atoms with Crippen LogP contribution in [-0.4, -0.2) is 44.7 Å². The van der Waals surface area contributed by atoms with E-state index >= 15 is 0 Å². The molecule has 0 saturated heterocycles. The molecular weight excluding hydrogens is 268 g/mol. The van der Waals surface area contributed by atoms with Crippen LogP contribution in [0.3, 0.4) is 0 Å². The number of rotatable bonds is 7. The summed E-state index contributed by atoms with van der Waals surface area (Å²) in [5.74, 6) is -0.370. The van der Waals surface area contributed by atoms with E-state index in [-0.39, 0.29) is 5.75 Å². The first kappa shape index (κ1) is 16.1. The Morgan fingerprint density at radius 1 is 1.30 bits per heavy atom. The van der Waals surface area contributed by atoms with Gasteiger partial charge in [-0.3, -0.25) is 0 Å². The van der Waals surface area contributed by atoms with Crippen LogP contribution in [0.25, 0.3) is 6.08 Å². The molecule has 0 aliphatic rings. The van der Waals surface area contributed by atoms with Crippen molar-refractivity contribution in [3.63, 3.8) is 0 Å². The molecule has 1 rings (SSSR count). The lowest BCUT2D eigenvalue weighted by Gasteiger charge is -2.08. The van der Waals surface area contributed by atoms with Gasteiger partial charge in [0.1, 0.15) is 12.4 Å². The molecule has 4 nitrogen and oxygen atoms in total. The number of ether oxygens (including phenoxy) is 2. The molecule has 0 spiro atoms. The second-order valence-corrected chi connectivity index (χ2v) is 4.25. The van der Waals surface area contributed by atoms with Gasteiger partial charge in [-0.15, -0.1) is 0 Å². The van der Waals surface area contributed by atoms with E-state index in [2.05, 4.69) is 4.74 Å². The van der Waals surface area contributed by atoms with E-state index in [0.29, 0.717) is 18.7 Å². The topological polar surface area (TPSA) is 38.8 Å². The zero-order chi connectivity index (χ0) is 15.0. The third-order valence-corrected chi connectivity index (χ3v) is 2.30. The van der Waals surface area contributed by atoms with Gasteiger partial charge < -0.3 is 14.4 Å². The average Bonchev–Trinajstić information content (AvgIpc) is 2.37. The summed E-state index contributed by atoms with van der Waals surface area (Å²) in [4.78, 5) is 13.3. The minimum atomic E-state index is -2.84. The van der Waals surface area contributed by atoms with Gasteiger partial charge in [-0.05, 0) is 37.9 Å². The van der Waals surface area contributed by atoms with E-state index in [0.717, 1.165) is 0 Å². The van der Waals surface area contributed by atoms with Crippen molar-refractivity contribution in [1.82, 2.24) is 4.90 Å². The van der Waals surface area contributed by atoms with Crippen LogP contribution >= 0.6 is 0 Å². The number of esters is 1. The van der Waals surface area contributed by atoms with Gasteiger partial charge in [0.15, 0.2) is 0 Å². The fourth-order valence-corrected chi connectivity index (χ4v) is 1.30. The molecule has 0 atom stereocenters. The van der Waals surface area contributed by atoms with Crippen LogP contribution < -0.4 is 4.74 Å². The van der Waals surface area contributed by atoms with Crippen LogP contribution in [0, 0.1) is 0 Å². The van der Waals surface area contributed by atoms with Crippen LogP contribution in [0.15, 0.2) is 30.3 Å². The summed E-state index contributed by atoms with van der Waals surface area (Å²) in [5, 5.41) is 0. The lowest BCUT2D eigenvalue weighted by molar-refractivity contribution is -0.137. The number of likely N-dealkylation sites (N-methyl/N-ethyl adjacent to an activating group) is 1. The van der Waals surface area contributed by atoms with Crippen LogP contribution in [-0.2, 0) is 9.53 Å². The van der Waals surface area contributed by atoms with Crippen LogP contribution in [0.1, 0.15) is 5.56 Å². The van der Waals surface area contributed by atoms with E-state index in [1.165, 1.54) is 18.2 Å². The third kappa shape index (κ3) is 6.84. The number of benzene rings is 1. The predicted octanol–water partition coefficient (Wildman–Crippen LogP) is 2.41.